The molecule has 18 heavy (non-hydrogen) atoms. The summed E-state index contributed by atoms with van der Waals surface area (Å²) >= 11 is 0. The lowest BCUT2D eigenvalue weighted by atomic mass is 10.1. The number of nitrogens with zero attached hydrogens (tertiary/aromatic N) is 4. The number of nitrogens with two attached hydrogens (primary N) is 1. The molecule has 2 aromatic heterocycles. The minimum Gasteiger partial charge on any atom is -0.336 e. The molecule has 1 unspecified atom stereocenters. The smallest absolute Gasteiger partial charge is 0.0946 e. The molecule has 2 heterocycles. The summed E-state index contributed by atoms with van der Waals surface area (Å²) in [6.45, 7) is 1.41. The summed E-state index contributed by atoms with van der Waals surface area (Å²) in [5.74, 6) is 0. The van der Waals surface area contributed by atoms with Crippen molar-refractivity contribution in [2.24, 2.45) is 12.8 Å². The van der Waals surface area contributed by atoms with Crippen LogP contribution in [0.15, 0.2) is 37.1 Å². The van der Waals surface area contributed by atoms with Crippen LogP contribution in [0.4, 0.5) is 0 Å². The summed E-state index contributed by atoms with van der Waals surface area (Å²) in [6.07, 6.45) is 7.30. The first-order valence-corrected chi connectivity index (χ1v) is 5.97. The first kappa shape index (κ1) is 12.7. The van der Waals surface area contributed by atoms with E-state index in [1.807, 2.05) is 42.3 Å². The van der Waals surface area contributed by atoms with Crippen molar-refractivity contribution in [3.05, 3.63) is 48.3 Å². The zero-order valence-corrected chi connectivity index (χ0v) is 10.8. The Morgan fingerprint density at radius 1 is 1.33 bits per heavy atom. The second-order valence-electron chi connectivity index (χ2n) is 4.45. The van der Waals surface area contributed by atoms with Gasteiger partial charge >= 0.3 is 0 Å². The van der Waals surface area contributed by atoms with E-state index < -0.39 is 0 Å². The fourth-order valence-corrected chi connectivity index (χ4v) is 2.10. The molecule has 5 nitrogen and oxygen atoms in total. The van der Waals surface area contributed by atoms with Crippen LogP contribution < -0.4 is 5.73 Å². The minimum absolute atomic E-state index is 0.172. The molecule has 2 rings (SSSR count). The van der Waals surface area contributed by atoms with Crippen LogP contribution in [-0.4, -0.2) is 33.0 Å². The summed E-state index contributed by atoms with van der Waals surface area (Å²) < 4.78 is 2.01. The molecule has 0 bridgehead atoms. The third kappa shape index (κ3) is 2.75. The number of hydrogen-bond acceptors (Lipinski definition) is 4. The fraction of sp³-hybridized carbons (Fsp3) is 0.385. The number of hydrogen-bond donors (Lipinski definition) is 1. The van der Waals surface area contributed by atoms with Gasteiger partial charge in [0.25, 0.3) is 0 Å². The van der Waals surface area contributed by atoms with Crippen molar-refractivity contribution in [2.45, 2.75) is 12.6 Å². The Kier molecular flexibility index (Phi) is 4.07. The second-order valence-corrected chi connectivity index (χ2v) is 4.45. The highest BCUT2D eigenvalue weighted by atomic mass is 15.2. The van der Waals surface area contributed by atoms with Gasteiger partial charge in [0.05, 0.1) is 18.1 Å². The quantitative estimate of drug-likeness (QED) is 0.852. The normalized spacial score (nSPS) is 12.9. The van der Waals surface area contributed by atoms with Gasteiger partial charge in [0.2, 0.25) is 0 Å². The Balaban J connectivity index is 2.11. The van der Waals surface area contributed by atoms with Gasteiger partial charge in [-0.1, -0.05) is 0 Å². The van der Waals surface area contributed by atoms with Gasteiger partial charge in [-0.15, -0.1) is 0 Å². The van der Waals surface area contributed by atoms with Gasteiger partial charge < -0.3 is 10.3 Å². The molecule has 0 aliphatic rings. The molecule has 5 heteroatoms. The first-order valence-electron chi connectivity index (χ1n) is 5.97. The van der Waals surface area contributed by atoms with E-state index in [0.717, 1.165) is 12.2 Å². The van der Waals surface area contributed by atoms with Crippen LogP contribution in [0.3, 0.4) is 0 Å². The number of pyridine rings is 1. The van der Waals surface area contributed by atoms with Gasteiger partial charge in [-0.2, -0.15) is 0 Å². The molecule has 2 N–H and O–H groups in total. The monoisotopic (exact) mass is 245 g/mol. The Bertz CT molecular complexity index is 479. The van der Waals surface area contributed by atoms with E-state index in [4.69, 9.17) is 5.73 Å². The lowest BCUT2D eigenvalue weighted by molar-refractivity contribution is 0.234. The predicted octanol–water partition coefficient (Wildman–Crippen LogP) is 0.947. The molecule has 0 amide bonds. The van der Waals surface area contributed by atoms with Crippen molar-refractivity contribution in [1.82, 2.24) is 19.4 Å². The van der Waals surface area contributed by atoms with Crippen molar-refractivity contribution >= 4 is 0 Å². The summed E-state index contributed by atoms with van der Waals surface area (Å²) in [7, 11) is 4.07. The standard InChI is InChI=1S/C13H19N5/c1-17(9-11-3-5-15-6-4-11)12(7-14)13-8-16-10-18(13)2/h3-6,8,10,12H,7,9,14H2,1-2H3. The highest BCUT2D eigenvalue weighted by Gasteiger charge is 2.18. The van der Waals surface area contributed by atoms with Gasteiger partial charge in [0, 0.05) is 38.7 Å². The van der Waals surface area contributed by atoms with E-state index in [0.29, 0.717) is 6.54 Å². The summed E-state index contributed by atoms with van der Waals surface area (Å²) in [5, 5.41) is 0. The molecule has 2 aromatic rings. The largest absolute Gasteiger partial charge is 0.336 e. The predicted molar refractivity (Wildman–Crippen MR) is 70.7 cm³/mol. The summed E-state index contributed by atoms with van der Waals surface area (Å²) in [5.41, 5.74) is 8.26. The van der Waals surface area contributed by atoms with Crippen LogP contribution in [-0.2, 0) is 13.6 Å². The van der Waals surface area contributed by atoms with Gasteiger partial charge in [0.15, 0.2) is 0 Å². The van der Waals surface area contributed by atoms with Crippen molar-refractivity contribution in [3.63, 3.8) is 0 Å². The minimum atomic E-state index is 0.172. The average molecular weight is 245 g/mol. The van der Waals surface area contributed by atoms with Crippen LogP contribution in [0.1, 0.15) is 17.3 Å². The third-order valence-electron chi connectivity index (χ3n) is 3.13. The fourth-order valence-electron chi connectivity index (χ4n) is 2.10. The van der Waals surface area contributed by atoms with Crippen LogP contribution >= 0.6 is 0 Å². The number of rotatable bonds is 5. The highest BCUT2D eigenvalue weighted by molar-refractivity contribution is 5.11. The van der Waals surface area contributed by atoms with E-state index >= 15 is 0 Å². The number of likely N-dealkylation sites (N-methyl/N-ethyl adjacent to an activating group) is 1. The van der Waals surface area contributed by atoms with Crippen molar-refractivity contribution in [3.8, 4) is 0 Å². The summed E-state index contributed by atoms with van der Waals surface area (Å²) in [6, 6.07) is 4.21. The molecule has 1 atom stereocenters. The molecule has 0 saturated carbocycles. The molecule has 0 saturated heterocycles. The molecule has 0 aromatic carbocycles. The van der Waals surface area contributed by atoms with Gasteiger partial charge in [0.1, 0.15) is 0 Å². The first-order chi connectivity index (χ1) is 8.72. The molecule has 0 radical (unpaired) electrons. The Labute approximate surface area is 107 Å². The Hall–Kier alpha value is -1.72. The molecule has 0 aliphatic heterocycles. The molecule has 96 valence electrons. The van der Waals surface area contributed by atoms with Gasteiger partial charge in [-0.05, 0) is 24.7 Å². The Morgan fingerprint density at radius 3 is 2.61 bits per heavy atom. The van der Waals surface area contributed by atoms with E-state index in [1.54, 1.807) is 6.33 Å². The van der Waals surface area contributed by atoms with E-state index in [-0.39, 0.29) is 6.04 Å². The molecular formula is C13H19N5. The number of aromatic nitrogens is 3. The lowest BCUT2D eigenvalue weighted by Gasteiger charge is -2.27. The van der Waals surface area contributed by atoms with Gasteiger partial charge in [-0.3, -0.25) is 9.88 Å². The van der Waals surface area contributed by atoms with E-state index in [2.05, 4.69) is 21.9 Å². The summed E-state index contributed by atoms with van der Waals surface area (Å²) in [4.78, 5) is 10.4. The maximum Gasteiger partial charge on any atom is 0.0946 e. The molecule has 0 fully saturated rings. The van der Waals surface area contributed by atoms with E-state index in [1.165, 1.54) is 5.56 Å². The zero-order valence-electron chi connectivity index (χ0n) is 10.8. The van der Waals surface area contributed by atoms with Crippen LogP contribution in [0.25, 0.3) is 0 Å². The lowest BCUT2D eigenvalue weighted by Crippen LogP contribution is -2.31. The zero-order chi connectivity index (χ0) is 13.0. The average Bonchev–Trinajstić information content (AvgIpc) is 2.78. The molecular weight excluding hydrogens is 226 g/mol. The molecule has 0 spiro atoms. The SMILES string of the molecule is CN(Cc1ccncc1)C(CN)c1cncn1C. The maximum atomic E-state index is 5.89. The van der Waals surface area contributed by atoms with Crippen LogP contribution in [0.5, 0.6) is 0 Å². The number of imidazole rings is 1. The molecule has 0 aliphatic carbocycles. The maximum absolute atomic E-state index is 5.89. The van der Waals surface area contributed by atoms with Crippen molar-refractivity contribution in [2.75, 3.05) is 13.6 Å². The third-order valence-corrected chi connectivity index (χ3v) is 3.13. The van der Waals surface area contributed by atoms with E-state index in [9.17, 15) is 0 Å². The highest BCUT2D eigenvalue weighted by Crippen LogP contribution is 2.19. The second kappa shape index (κ2) is 5.75. The van der Waals surface area contributed by atoms with Gasteiger partial charge in [-0.25, -0.2) is 4.98 Å². The number of aryl methyl sites for hydroxylation is 1. The van der Waals surface area contributed by atoms with Crippen LogP contribution in [0, 0.1) is 0 Å². The van der Waals surface area contributed by atoms with Crippen molar-refractivity contribution in [1.29, 1.82) is 0 Å². The van der Waals surface area contributed by atoms with Crippen molar-refractivity contribution < 1.29 is 0 Å². The topological polar surface area (TPSA) is 60.0 Å². The Morgan fingerprint density at radius 2 is 2.06 bits per heavy atom. The van der Waals surface area contributed by atoms with Crippen LogP contribution in [0.2, 0.25) is 0 Å².